The van der Waals surface area contributed by atoms with Crippen LogP contribution in [0.25, 0.3) is 0 Å². The van der Waals surface area contributed by atoms with Crippen molar-refractivity contribution in [2.45, 2.75) is 69.7 Å². The molecule has 140 valence electrons. The fraction of sp³-hybridized carbons (Fsp3) is 0.714. The standard InChI is InChI=1S/C21H32ClNO2/c1-2-25-11-3-4-16-5-6-18-13-19(8-7-17(18)12-16)20-9-10-21(14-20,15-24)23-22/h7-8,13,16,20,23-24H,2-6,9-12,14-15H2,1H3/t16-,20+,21-/m1/s1. The molecular formula is C21H32ClNO2. The molecule has 3 rings (SSSR count). The highest BCUT2D eigenvalue weighted by molar-refractivity contribution is 6.13. The van der Waals surface area contributed by atoms with Crippen molar-refractivity contribution in [3.63, 3.8) is 0 Å². The third-order valence-corrected chi connectivity index (χ3v) is 6.65. The summed E-state index contributed by atoms with van der Waals surface area (Å²) >= 11 is 5.89. The van der Waals surface area contributed by atoms with Gasteiger partial charge in [-0.1, -0.05) is 18.2 Å². The molecule has 0 heterocycles. The summed E-state index contributed by atoms with van der Waals surface area (Å²) in [5.41, 5.74) is 4.21. The summed E-state index contributed by atoms with van der Waals surface area (Å²) in [5.74, 6) is 1.32. The number of halogens is 1. The zero-order valence-electron chi connectivity index (χ0n) is 15.4. The number of hydrogen-bond donors (Lipinski definition) is 2. The minimum Gasteiger partial charge on any atom is -0.394 e. The molecule has 2 N–H and O–H groups in total. The SMILES string of the molecule is CCOCCC[C@@H]1CCc2cc([C@H]3CC[C@@](CO)(NCl)C3)ccc2C1. The van der Waals surface area contributed by atoms with Crippen molar-refractivity contribution < 1.29 is 9.84 Å². The molecular weight excluding hydrogens is 334 g/mol. The second-order valence-corrected chi connectivity index (χ2v) is 8.14. The lowest BCUT2D eigenvalue weighted by atomic mass is 9.80. The maximum atomic E-state index is 9.65. The number of ether oxygens (including phenoxy) is 1. The minimum atomic E-state index is -0.298. The van der Waals surface area contributed by atoms with Gasteiger partial charge in [-0.3, -0.25) is 0 Å². The molecule has 0 unspecified atom stereocenters. The molecule has 0 spiro atoms. The molecule has 25 heavy (non-hydrogen) atoms. The molecule has 1 fully saturated rings. The van der Waals surface area contributed by atoms with Crippen LogP contribution in [0.5, 0.6) is 0 Å². The first-order valence-corrected chi connectivity index (χ1v) is 10.3. The van der Waals surface area contributed by atoms with E-state index in [4.69, 9.17) is 16.5 Å². The van der Waals surface area contributed by atoms with Crippen LogP contribution in [0, 0.1) is 5.92 Å². The number of benzene rings is 1. The third kappa shape index (κ3) is 4.57. The Morgan fingerprint density at radius 1 is 1.32 bits per heavy atom. The van der Waals surface area contributed by atoms with Gasteiger partial charge in [0.05, 0.1) is 12.1 Å². The highest BCUT2D eigenvalue weighted by Crippen LogP contribution is 2.42. The molecule has 4 heteroatoms. The first-order chi connectivity index (χ1) is 12.2. The van der Waals surface area contributed by atoms with E-state index in [1.165, 1.54) is 37.7 Å². The molecule has 2 aliphatic rings. The molecule has 2 aliphatic carbocycles. The smallest absolute Gasteiger partial charge is 0.0625 e. The Morgan fingerprint density at radius 2 is 2.20 bits per heavy atom. The maximum absolute atomic E-state index is 9.65. The Labute approximate surface area is 157 Å². The summed E-state index contributed by atoms with van der Waals surface area (Å²) in [6.07, 6.45) is 9.15. The molecule has 1 aromatic carbocycles. The van der Waals surface area contributed by atoms with E-state index < -0.39 is 0 Å². The molecule has 0 radical (unpaired) electrons. The van der Waals surface area contributed by atoms with E-state index in [0.29, 0.717) is 5.92 Å². The molecule has 1 aromatic rings. The molecule has 3 nitrogen and oxygen atoms in total. The van der Waals surface area contributed by atoms with Crippen LogP contribution in [0.1, 0.15) is 68.1 Å². The van der Waals surface area contributed by atoms with E-state index >= 15 is 0 Å². The molecule has 0 aliphatic heterocycles. The molecule has 0 amide bonds. The van der Waals surface area contributed by atoms with E-state index in [2.05, 4.69) is 30.0 Å². The van der Waals surface area contributed by atoms with Crippen LogP contribution in [0.15, 0.2) is 18.2 Å². The molecule has 0 saturated heterocycles. The van der Waals surface area contributed by atoms with Crippen molar-refractivity contribution in [1.82, 2.24) is 4.84 Å². The van der Waals surface area contributed by atoms with Gasteiger partial charge in [-0.15, -0.1) is 0 Å². The zero-order chi connectivity index (χ0) is 17.7. The molecule has 1 saturated carbocycles. The summed E-state index contributed by atoms with van der Waals surface area (Å²) < 4.78 is 5.47. The molecule has 0 bridgehead atoms. The number of hydrogen-bond acceptors (Lipinski definition) is 3. The van der Waals surface area contributed by atoms with Gasteiger partial charge in [0.25, 0.3) is 0 Å². The first-order valence-electron chi connectivity index (χ1n) is 9.88. The fourth-order valence-electron chi connectivity index (χ4n) is 4.64. The van der Waals surface area contributed by atoms with Crippen LogP contribution < -0.4 is 4.84 Å². The minimum absolute atomic E-state index is 0.112. The summed E-state index contributed by atoms with van der Waals surface area (Å²) in [5, 5.41) is 9.65. The fourth-order valence-corrected chi connectivity index (χ4v) is 4.87. The summed E-state index contributed by atoms with van der Waals surface area (Å²) in [7, 11) is 0. The molecule has 0 aromatic heterocycles. The van der Waals surface area contributed by atoms with Crippen LogP contribution in [-0.2, 0) is 17.6 Å². The molecule has 3 atom stereocenters. The second-order valence-electron chi connectivity index (χ2n) is 7.95. The zero-order valence-corrected chi connectivity index (χ0v) is 16.2. The van der Waals surface area contributed by atoms with Gasteiger partial charge in [0.15, 0.2) is 0 Å². The monoisotopic (exact) mass is 365 g/mol. The number of rotatable bonds is 8. The summed E-state index contributed by atoms with van der Waals surface area (Å²) in [4.78, 5) is 2.84. The predicted octanol–water partition coefficient (Wildman–Crippen LogP) is 4.35. The van der Waals surface area contributed by atoms with Crippen LogP contribution in [0.4, 0.5) is 0 Å². The highest BCUT2D eigenvalue weighted by Gasteiger charge is 2.39. The topological polar surface area (TPSA) is 41.5 Å². The van der Waals surface area contributed by atoms with Gasteiger partial charge >= 0.3 is 0 Å². The van der Waals surface area contributed by atoms with Crippen molar-refractivity contribution >= 4 is 11.8 Å². The first kappa shape index (κ1) is 19.2. The van der Waals surface area contributed by atoms with Crippen molar-refractivity contribution in [2.24, 2.45) is 5.92 Å². The lowest BCUT2D eigenvalue weighted by Gasteiger charge is -2.27. The summed E-state index contributed by atoms with van der Waals surface area (Å²) in [6, 6.07) is 7.10. The second kappa shape index (κ2) is 8.85. The van der Waals surface area contributed by atoms with E-state index in [9.17, 15) is 5.11 Å². The van der Waals surface area contributed by atoms with Gasteiger partial charge in [0, 0.05) is 13.2 Å². The van der Waals surface area contributed by atoms with E-state index in [0.717, 1.165) is 38.4 Å². The Morgan fingerprint density at radius 3 is 2.92 bits per heavy atom. The van der Waals surface area contributed by atoms with Gasteiger partial charge in [-0.05, 0) is 98.6 Å². The predicted molar refractivity (Wildman–Crippen MR) is 103 cm³/mol. The van der Waals surface area contributed by atoms with E-state index in [1.807, 2.05) is 0 Å². The summed E-state index contributed by atoms with van der Waals surface area (Å²) in [6.45, 7) is 3.91. The van der Waals surface area contributed by atoms with Crippen LogP contribution in [0.2, 0.25) is 0 Å². The van der Waals surface area contributed by atoms with Crippen LogP contribution >= 0.6 is 11.8 Å². The average Bonchev–Trinajstić information content (AvgIpc) is 3.10. The number of aryl methyl sites for hydroxylation is 1. The Kier molecular flexibility index (Phi) is 6.79. The normalized spacial score (nSPS) is 28.9. The van der Waals surface area contributed by atoms with Gasteiger partial charge in [-0.25, -0.2) is 4.84 Å². The number of nitrogens with one attached hydrogen (secondary N) is 1. The number of aliphatic hydroxyl groups excluding tert-OH is 1. The van der Waals surface area contributed by atoms with Crippen molar-refractivity contribution in [3.05, 3.63) is 34.9 Å². The van der Waals surface area contributed by atoms with Gasteiger partial charge < -0.3 is 9.84 Å². The lowest BCUT2D eigenvalue weighted by Crippen LogP contribution is -2.40. The van der Waals surface area contributed by atoms with Crippen LogP contribution in [0.3, 0.4) is 0 Å². The maximum Gasteiger partial charge on any atom is 0.0625 e. The van der Waals surface area contributed by atoms with E-state index in [-0.39, 0.29) is 12.1 Å². The van der Waals surface area contributed by atoms with Gasteiger partial charge in [-0.2, -0.15) is 0 Å². The lowest BCUT2D eigenvalue weighted by molar-refractivity contribution is 0.138. The van der Waals surface area contributed by atoms with Crippen molar-refractivity contribution in [1.29, 1.82) is 0 Å². The highest BCUT2D eigenvalue weighted by atomic mass is 35.5. The van der Waals surface area contributed by atoms with Crippen LogP contribution in [-0.4, -0.2) is 30.5 Å². The number of fused-ring (bicyclic) bond motifs is 1. The largest absolute Gasteiger partial charge is 0.394 e. The Hall–Kier alpha value is -0.610. The number of aliphatic hydroxyl groups is 1. The van der Waals surface area contributed by atoms with E-state index in [1.54, 1.807) is 11.1 Å². The Bertz CT molecular complexity index is 559. The average molecular weight is 366 g/mol. The Balaban J connectivity index is 1.59. The van der Waals surface area contributed by atoms with Crippen molar-refractivity contribution in [2.75, 3.05) is 19.8 Å². The van der Waals surface area contributed by atoms with Gasteiger partial charge in [0.1, 0.15) is 0 Å². The van der Waals surface area contributed by atoms with Crippen molar-refractivity contribution in [3.8, 4) is 0 Å². The van der Waals surface area contributed by atoms with Gasteiger partial charge in [0.2, 0.25) is 0 Å². The quantitative estimate of drug-likeness (QED) is 0.531. The third-order valence-electron chi connectivity index (χ3n) is 6.25.